The third kappa shape index (κ3) is 4.52. The van der Waals surface area contributed by atoms with Crippen molar-refractivity contribution < 1.29 is 17.9 Å². The quantitative estimate of drug-likeness (QED) is 0.487. The van der Waals surface area contributed by atoms with Crippen molar-refractivity contribution in [3.63, 3.8) is 0 Å². The Morgan fingerprint density at radius 3 is 2.23 bits per heavy atom. The molecule has 1 aliphatic carbocycles. The molecular weight excluding hydrogens is 449 g/mol. The number of hydrogen-bond donors (Lipinski definition) is 1. The number of nitrogens with zero attached hydrogens (tertiary/aromatic N) is 3. The second-order valence-electron chi connectivity index (χ2n) is 11.8. The van der Waals surface area contributed by atoms with Crippen molar-refractivity contribution >= 4 is 37.2 Å². The fourth-order valence-corrected chi connectivity index (χ4v) is 7.04. The lowest BCUT2D eigenvalue weighted by Crippen LogP contribution is -2.45. The highest BCUT2D eigenvalue weighted by molar-refractivity contribution is 6.47. The van der Waals surface area contributed by atoms with Crippen LogP contribution in [0.5, 0.6) is 0 Å². The molecule has 2 aliphatic heterocycles. The smallest absolute Gasteiger partial charge is 0.168 e. The van der Waals surface area contributed by atoms with Crippen LogP contribution in [0.15, 0.2) is 24.3 Å². The average Bonchev–Trinajstić information content (AvgIpc) is 3.31. The van der Waals surface area contributed by atoms with Gasteiger partial charge in [0.2, 0.25) is 0 Å². The number of halogens is 3. The van der Waals surface area contributed by atoms with Crippen molar-refractivity contribution in [3.05, 3.63) is 41.7 Å². The van der Waals surface area contributed by atoms with Crippen molar-refractivity contribution in [3.8, 4) is 11.3 Å². The van der Waals surface area contributed by atoms with Crippen molar-refractivity contribution in [1.82, 2.24) is 15.1 Å². The summed E-state index contributed by atoms with van der Waals surface area (Å²) in [6, 6.07) is 4.89. The molecule has 1 aromatic carbocycles. The van der Waals surface area contributed by atoms with Gasteiger partial charge in [0.25, 0.3) is 0 Å². The van der Waals surface area contributed by atoms with Crippen LogP contribution < -0.4 is 5.32 Å². The van der Waals surface area contributed by atoms with Crippen LogP contribution in [0.2, 0.25) is 10.4 Å². The van der Waals surface area contributed by atoms with Gasteiger partial charge in [0.1, 0.15) is 43.0 Å². The van der Waals surface area contributed by atoms with Crippen molar-refractivity contribution in [2.24, 2.45) is 17.8 Å². The van der Waals surface area contributed by atoms with E-state index in [9.17, 15) is 13.2 Å². The van der Waals surface area contributed by atoms with E-state index in [-0.39, 0.29) is 27.7 Å². The van der Waals surface area contributed by atoms with E-state index in [1.54, 1.807) is 12.1 Å². The van der Waals surface area contributed by atoms with Crippen LogP contribution in [-0.2, 0) is 4.74 Å². The fourth-order valence-electron chi connectivity index (χ4n) is 7.04. The van der Waals surface area contributed by atoms with E-state index in [2.05, 4.69) is 51.8 Å². The second-order valence-corrected chi connectivity index (χ2v) is 11.8. The molecule has 35 heavy (non-hydrogen) atoms. The molecule has 1 aromatic heterocycles. The molecule has 3 aliphatic rings. The third-order valence-corrected chi connectivity index (χ3v) is 8.88. The maximum atomic E-state index is 14.2. The minimum absolute atomic E-state index is 0.0245. The molecule has 5 rings (SSSR count). The van der Waals surface area contributed by atoms with Gasteiger partial charge in [0.15, 0.2) is 11.6 Å². The van der Waals surface area contributed by atoms with Gasteiger partial charge in [-0.3, -0.25) is 0 Å². The Hall–Kier alpha value is -1.93. The number of fused-ring (bicyclic) bond motifs is 1. The van der Waals surface area contributed by atoms with E-state index >= 15 is 0 Å². The molecule has 12 heteroatoms. The lowest BCUT2D eigenvalue weighted by Gasteiger charge is -2.41. The van der Waals surface area contributed by atoms with Gasteiger partial charge in [-0.25, -0.2) is 13.2 Å². The Kier molecular flexibility index (Phi) is 6.49. The normalized spacial score (nSPS) is 28.1. The van der Waals surface area contributed by atoms with E-state index in [0.717, 1.165) is 57.7 Å². The molecule has 0 unspecified atom stereocenters. The molecule has 2 saturated heterocycles. The van der Waals surface area contributed by atoms with Crippen molar-refractivity contribution in [1.29, 1.82) is 0 Å². The number of aromatic nitrogens is 2. The molecule has 0 radical (unpaired) electrons. The number of ether oxygens (including phenoxy) is 1. The molecule has 1 saturated carbocycles. The van der Waals surface area contributed by atoms with Crippen molar-refractivity contribution in [2.45, 2.75) is 29.3 Å². The van der Waals surface area contributed by atoms with Gasteiger partial charge >= 0.3 is 0 Å². The van der Waals surface area contributed by atoms with Gasteiger partial charge in [-0.1, -0.05) is 10.4 Å². The van der Waals surface area contributed by atoms with E-state index in [1.165, 1.54) is 0 Å². The molecule has 5 nitrogen and oxygen atoms in total. The van der Waals surface area contributed by atoms with Crippen molar-refractivity contribution in [2.75, 3.05) is 38.2 Å². The summed E-state index contributed by atoms with van der Waals surface area (Å²) in [6.07, 6.45) is 2.31. The third-order valence-electron chi connectivity index (χ3n) is 8.88. The molecule has 2 aromatic rings. The van der Waals surface area contributed by atoms with Crippen LogP contribution in [0.4, 0.5) is 19.0 Å². The first-order valence-corrected chi connectivity index (χ1v) is 12.6. The Labute approximate surface area is 208 Å². The SMILES string of the molecule is BC1(B)[C@H](Nc2ccc(-c3cc(F)cc(F)c3F)nn2)C(B)(B)[C@H]2CN(CC3CCOCC3)C[C@H]21. The molecule has 0 bridgehead atoms. The summed E-state index contributed by atoms with van der Waals surface area (Å²) < 4.78 is 47.0. The van der Waals surface area contributed by atoms with E-state index in [0.29, 0.717) is 23.7 Å². The largest absolute Gasteiger partial charge is 0.381 e. The number of anilines is 1. The summed E-state index contributed by atoms with van der Waals surface area (Å²) in [5.41, 5.74) is -0.140. The Morgan fingerprint density at radius 2 is 1.63 bits per heavy atom. The van der Waals surface area contributed by atoms with Gasteiger partial charge in [-0.15, -0.1) is 10.2 Å². The minimum atomic E-state index is -1.24. The standard InChI is InChI=1S/C23H31B4F3N4O/c24-22(25)15-10-34(9-12-3-5-35-6-4-12)11-16(15)23(26,27)21(22)31-19-2-1-18(32-33-19)14-7-13(28)8-17(29)20(14)30/h1-2,7-8,12,15-16,21H,3-6,9-11,24-27H2,(H,31,33)/t15-,16+,21+. The first-order valence-electron chi connectivity index (χ1n) is 12.6. The summed E-state index contributed by atoms with van der Waals surface area (Å²) >= 11 is 0. The summed E-state index contributed by atoms with van der Waals surface area (Å²) in [5.74, 6) is -0.787. The topological polar surface area (TPSA) is 50.3 Å². The predicted molar refractivity (Wildman–Crippen MR) is 141 cm³/mol. The lowest BCUT2D eigenvalue weighted by atomic mass is 9.41. The van der Waals surface area contributed by atoms with E-state index < -0.39 is 17.5 Å². The fraction of sp³-hybridized carbons (Fsp3) is 0.565. The molecular formula is C23H31B4F3N4O. The van der Waals surface area contributed by atoms with Gasteiger partial charge < -0.3 is 15.0 Å². The Bertz CT molecular complexity index is 1060. The highest BCUT2D eigenvalue weighted by Crippen LogP contribution is 2.62. The second kappa shape index (κ2) is 9.18. The molecule has 3 atom stereocenters. The number of hydrogen-bond acceptors (Lipinski definition) is 5. The molecule has 182 valence electrons. The number of rotatable bonds is 5. The van der Waals surface area contributed by atoms with Gasteiger partial charge in [0.05, 0.1) is 5.69 Å². The summed E-state index contributed by atoms with van der Waals surface area (Å²) in [5, 5.41) is 12.0. The van der Waals surface area contributed by atoms with Crippen LogP contribution in [0, 0.1) is 35.2 Å². The summed E-state index contributed by atoms with van der Waals surface area (Å²) in [6.45, 7) is 5.13. The highest BCUT2D eigenvalue weighted by atomic mass is 19.2. The average molecular weight is 480 g/mol. The summed E-state index contributed by atoms with van der Waals surface area (Å²) in [7, 11) is 9.34. The zero-order chi connectivity index (χ0) is 25.0. The highest BCUT2D eigenvalue weighted by Gasteiger charge is 2.61. The van der Waals surface area contributed by atoms with Crippen LogP contribution in [-0.4, -0.2) is 85.4 Å². The van der Waals surface area contributed by atoms with Crippen LogP contribution in [0.25, 0.3) is 11.3 Å². The van der Waals surface area contributed by atoms with Gasteiger partial charge in [-0.2, -0.15) is 0 Å². The summed E-state index contributed by atoms with van der Waals surface area (Å²) in [4.78, 5) is 2.66. The molecule has 0 spiro atoms. The Morgan fingerprint density at radius 1 is 0.971 bits per heavy atom. The number of likely N-dealkylation sites (tertiary alicyclic amines) is 1. The van der Waals surface area contributed by atoms with Gasteiger partial charge in [0, 0.05) is 50.5 Å². The van der Waals surface area contributed by atoms with E-state index in [4.69, 9.17) is 4.74 Å². The number of benzene rings is 1. The molecule has 3 heterocycles. The molecule has 1 N–H and O–H groups in total. The maximum absolute atomic E-state index is 14.2. The van der Waals surface area contributed by atoms with Gasteiger partial charge in [-0.05, 0) is 48.8 Å². The van der Waals surface area contributed by atoms with Crippen LogP contribution in [0.3, 0.4) is 0 Å². The first-order chi connectivity index (χ1) is 16.6. The monoisotopic (exact) mass is 480 g/mol. The van der Waals surface area contributed by atoms with Crippen LogP contribution >= 0.6 is 0 Å². The maximum Gasteiger partial charge on any atom is 0.168 e. The Balaban J connectivity index is 1.31. The molecule has 3 fully saturated rings. The number of nitrogens with one attached hydrogen (secondary N) is 1. The lowest BCUT2D eigenvalue weighted by molar-refractivity contribution is 0.0544. The predicted octanol–water partition coefficient (Wildman–Crippen LogP) is 0.0944. The zero-order valence-electron chi connectivity index (χ0n) is 21.0. The first kappa shape index (κ1) is 24.8. The zero-order valence-corrected chi connectivity index (χ0v) is 21.0. The van der Waals surface area contributed by atoms with Crippen LogP contribution in [0.1, 0.15) is 12.8 Å². The van der Waals surface area contributed by atoms with E-state index in [1.807, 2.05) is 0 Å². The molecule has 0 amide bonds. The minimum Gasteiger partial charge on any atom is -0.381 e.